The predicted molar refractivity (Wildman–Crippen MR) is 58.0 cm³/mol. The Morgan fingerprint density at radius 2 is 1.87 bits per heavy atom. The maximum Gasteiger partial charge on any atom is 0.152 e. The van der Waals surface area contributed by atoms with Crippen LogP contribution in [0.5, 0.6) is 0 Å². The van der Waals surface area contributed by atoms with Crippen molar-refractivity contribution >= 4 is 5.69 Å². The van der Waals surface area contributed by atoms with Gasteiger partial charge in [-0.05, 0) is 11.6 Å². The molecule has 1 aromatic carbocycles. The van der Waals surface area contributed by atoms with Crippen LogP contribution in [-0.2, 0) is 0 Å². The molecule has 0 fully saturated rings. The van der Waals surface area contributed by atoms with Crippen molar-refractivity contribution in [2.24, 2.45) is 0 Å². The molecule has 76 valence electrons. The third kappa shape index (κ3) is 1.96. The molecular formula is C12H11FN2. The topological polar surface area (TPSA) is 38.9 Å². The number of nitrogens with two attached hydrogens (primary N) is 1. The van der Waals surface area contributed by atoms with E-state index in [1.165, 1.54) is 6.20 Å². The minimum Gasteiger partial charge on any atom is -0.397 e. The molecule has 0 saturated heterocycles. The highest BCUT2D eigenvalue weighted by molar-refractivity contribution is 5.48. The summed E-state index contributed by atoms with van der Waals surface area (Å²) in [5, 5.41) is 0. The van der Waals surface area contributed by atoms with E-state index in [1.807, 2.05) is 6.07 Å². The number of pyridine rings is 1. The Morgan fingerprint density at radius 3 is 2.53 bits per heavy atom. The molecule has 2 nitrogen and oxygen atoms in total. The lowest BCUT2D eigenvalue weighted by Crippen LogP contribution is -2.00. The van der Waals surface area contributed by atoms with Crippen LogP contribution < -0.4 is 5.73 Å². The smallest absolute Gasteiger partial charge is 0.152 e. The van der Waals surface area contributed by atoms with Gasteiger partial charge in [0.15, 0.2) is 6.17 Å². The molecule has 1 heterocycles. The van der Waals surface area contributed by atoms with Gasteiger partial charge in [-0.2, -0.15) is 0 Å². The van der Waals surface area contributed by atoms with E-state index in [0.29, 0.717) is 16.8 Å². The molecule has 0 amide bonds. The Balaban J connectivity index is 2.37. The molecule has 0 spiro atoms. The number of hydrogen-bond acceptors (Lipinski definition) is 2. The van der Waals surface area contributed by atoms with Crippen LogP contribution in [0.15, 0.2) is 48.8 Å². The minimum atomic E-state index is -1.19. The van der Waals surface area contributed by atoms with Crippen molar-refractivity contribution in [2.75, 3.05) is 5.73 Å². The van der Waals surface area contributed by atoms with Crippen LogP contribution >= 0.6 is 0 Å². The summed E-state index contributed by atoms with van der Waals surface area (Å²) in [6, 6.07) is 10.5. The zero-order valence-corrected chi connectivity index (χ0v) is 8.10. The van der Waals surface area contributed by atoms with E-state index in [0.717, 1.165) is 0 Å². The summed E-state index contributed by atoms with van der Waals surface area (Å²) < 4.78 is 14.0. The van der Waals surface area contributed by atoms with Crippen molar-refractivity contribution in [3.05, 3.63) is 59.9 Å². The van der Waals surface area contributed by atoms with Gasteiger partial charge in [0.2, 0.25) is 0 Å². The number of nitrogen functional groups attached to an aromatic ring is 1. The first kappa shape index (κ1) is 9.65. The van der Waals surface area contributed by atoms with Crippen LogP contribution in [0.4, 0.5) is 10.1 Å². The molecule has 2 rings (SSSR count). The zero-order chi connectivity index (χ0) is 10.7. The van der Waals surface area contributed by atoms with Gasteiger partial charge in [0.1, 0.15) is 0 Å². The van der Waals surface area contributed by atoms with E-state index in [1.54, 1.807) is 36.5 Å². The predicted octanol–water partition coefficient (Wildman–Crippen LogP) is 2.72. The second-order valence-electron chi connectivity index (χ2n) is 3.28. The fraction of sp³-hybridized carbons (Fsp3) is 0.0833. The monoisotopic (exact) mass is 202 g/mol. The molecule has 0 aliphatic rings. The Labute approximate surface area is 87.6 Å². The molecular weight excluding hydrogens is 191 g/mol. The lowest BCUT2D eigenvalue weighted by atomic mass is 10.0. The van der Waals surface area contributed by atoms with Gasteiger partial charge in [-0.15, -0.1) is 0 Å². The summed E-state index contributed by atoms with van der Waals surface area (Å²) in [6.07, 6.45) is 1.82. The van der Waals surface area contributed by atoms with Gasteiger partial charge in [-0.25, -0.2) is 4.39 Å². The quantitative estimate of drug-likeness (QED) is 0.813. The molecule has 1 unspecified atom stereocenters. The fourth-order valence-electron chi connectivity index (χ4n) is 1.45. The number of aromatic nitrogens is 1. The third-order valence-electron chi connectivity index (χ3n) is 2.25. The lowest BCUT2D eigenvalue weighted by molar-refractivity contribution is 0.403. The van der Waals surface area contributed by atoms with E-state index in [9.17, 15) is 4.39 Å². The number of alkyl halides is 1. The Bertz CT molecular complexity index is 442. The number of benzene rings is 1. The summed E-state index contributed by atoms with van der Waals surface area (Å²) in [6.45, 7) is 0. The molecule has 0 radical (unpaired) electrons. The molecule has 1 atom stereocenters. The van der Waals surface area contributed by atoms with Crippen molar-refractivity contribution in [3.63, 3.8) is 0 Å². The molecule has 0 saturated carbocycles. The molecule has 0 bridgehead atoms. The third-order valence-corrected chi connectivity index (χ3v) is 2.25. The van der Waals surface area contributed by atoms with Crippen molar-refractivity contribution in [2.45, 2.75) is 6.17 Å². The van der Waals surface area contributed by atoms with E-state index < -0.39 is 6.17 Å². The molecule has 15 heavy (non-hydrogen) atoms. The largest absolute Gasteiger partial charge is 0.397 e. The number of nitrogens with zero attached hydrogens (tertiary/aromatic N) is 1. The van der Waals surface area contributed by atoms with Crippen LogP contribution in [0.3, 0.4) is 0 Å². The van der Waals surface area contributed by atoms with Gasteiger partial charge >= 0.3 is 0 Å². The van der Waals surface area contributed by atoms with E-state index in [-0.39, 0.29) is 0 Å². The summed E-state index contributed by atoms with van der Waals surface area (Å²) in [5.41, 5.74) is 7.12. The average molecular weight is 202 g/mol. The van der Waals surface area contributed by atoms with Gasteiger partial charge in [-0.1, -0.05) is 30.3 Å². The molecule has 2 N–H and O–H groups in total. The maximum atomic E-state index is 14.0. The van der Waals surface area contributed by atoms with Crippen LogP contribution in [0.2, 0.25) is 0 Å². The second-order valence-corrected chi connectivity index (χ2v) is 3.28. The average Bonchev–Trinajstić information content (AvgIpc) is 2.30. The Hall–Kier alpha value is -1.90. The first-order chi connectivity index (χ1) is 7.29. The second kappa shape index (κ2) is 4.09. The van der Waals surface area contributed by atoms with Gasteiger partial charge in [0, 0.05) is 11.8 Å². The summed E-state index contributed by atoms with van der Waals surface area (Å²) in [5.74, 6) is 0. The Morgan fingerprint density at radius 1 is 1.13 bits per heavy atom. The van der Waals surface area contributed by atoms with Crippen LogP contribution in [0, 0.1) is 0 Å². The Kier molecular flexibility index (Phi) is 2.63. The number of hydrogen-bond donors (Lipinski definition) is 1. The molecule has 1 aromatic heterocycles. The van der Waals surface area contributed by atoms with Crippen LogP contribution in [-0.4, -0.2) is 4.98 Å². The summed E-state index contributed by atoms with van der Waals surface area (Å²) in [4.78, 5) is 3.83. The van der Waals surface area contributed by atoms with Crippen molar-refractivity contribution in [3.8, 4) is 0 Å². The van der Waals surface area contributed by atoms with Gasteiger partial charge in [0.25, 0.3) is 0 Å². The van der Waals surface area contributed by atoms with Crippen LogP contribution in [0.25, 0.3) is 0 Å². The van der Waals surface area contributed by atoms with Crippen LogP contribution in [0.1, 0.15) is 17.3 Å². The number of rotatable bonds is 2. The first-order valence-corrected chi connectivity index (χ1v) is 4.67. The summed E-state index contributed by atoms with van der Waals surface area (Å²) in [7, 11) is 0. The van der Waals surface area contributed by atoms with E-state index in [4.69, 9.17) is 5.73 Å². The highest BCUT2D eigenvalue weighted by Crippen LogP contribution is 2.28. The SMILES string of the molecule is Nc1cnccc1C(F)c1ccccc1. The normalized spacial score (nSPS) is 12.3. The minimum absolute atomic E-state index is 0.383. The molecule has 0 aliphatic heterocycles. The lowest BCUT2D eigenvalue weighted by Gasteiger charge is -2.10. The standard InChI is InChI=1S/C12H11FN2/c13-12(9-4-2-1-3-5-9)10-6-7-15-8-11(10)14/h1-8,12H,14H2. The van der Waals surface area contributed by atoms with E-state index >= 15 is 0 Å². The number of anilines is 1. The first-order valence-electron chi connectivity index (χ1n) is 4.67. The van der Waals surface area contributed by atoms with Crippen molar-refractivity contribution in [1.82, 2.24) is 4.98 Å². The molecule has 0 aliphatic carbocycles. The van der Waals surface area contributed by atoms with Gasteiger partial charge < -0.3 is 5.73 Å². The summed E-state index contributed by atoms with van der Waals surface area (Å²) >= 11 is 0. The fourth-order valence-corrected chi connectivity index (χ4v) is 1.45. The van der Waals surface area contributed by atoms with Crippen molar-refractivity contribution < 1.29 is 4.39 Å². The highest BCUT2D eigenvalue weighted by atomic mass is 19.1. The highest BCUT2D eigenvalue weighted by Gasteiger charge is 2.14. The van der Waals surface area contributed by atoms with E-state index in [2.05, 4.69) is 4.98 Å². The molecule has 2 aromatic rings. The molecule has 3 heteroatoms. The van der Waals surface area contributed by atoms with Crippen molar-refractivity contribution in [1.29, 1.82) is 0 Å². The van der Waals surface area contributed by atoms with Gasteiger partial charge in [0.05, 0.1) is 11.9 Å². The maximum absolute atomic E-state index is 14.0. The zero-order valence-electron chi connectivity index (χ0n) is 8.10. The number of halogens is 1. The van der Waals surface area contributed by atoms with Gasteiger partial charge in [-0.3, -0.25) is 4.98 Å².